The number of hydrogen-bond donors (Lipinski definition) is 1. The molecule has 0 spiro atoms. The highest BCUT2D eigenvalue weighted by atomic mass is 79.9. The van der Waals surface area contributed by atoms with E-state index in [0.717, 1.165) is 18.7 Å². The molecular formula is C14H12Br2N2OS2. The van der Waals surface area contributed by atoms with Crippen LogP contribution in [0.3, 0.4) is 0 Å². The van der Waals surface area contributed by atoms with E-state index in [9.17, 15) is 4.79 Å². The van der Waals surface area contributed by atoms with Crippen molar-refractivity contribution in [2.75, 3.05) is 7.05 Å². The highest BCUT2D eigenvalue weighted by Gasteiger charge is 2.18. The average Bonchev–Trinajstić information content (AvgIpc) is 2.77. The highest BCUT2D eigenvalue weighted by Crippen LogP contribution is 2.32. The smallest absolute Gasteiger partial charge is 0.255 e. The molecule has 2 rings (SSSR count). The van der Waals surface area contributed by atoms with E-state index in [0.29, 0.717) is 17.1 Å². The number of thiophene rings is 1. The standard InChI is InChI=1S/C14H12Br2N2OS2/c1-18(14(19)10-6-11(15)21-12(10)16)7-8-3-2-4-9(5-8)13(17)20/h2-6H,7H2,1H3,(H2,17,20). The summed E-state index contributed by atoms with van der Waals surface area (Å²) < 4.78 is 1.74. The maximum absolute atomic E-state index is 12.4. The van der Waals surface area contributed by atoms with Crippen LogP contribution in [0.1, 0.15) is 21.5 Å². The van der Waals surface area contributed by atoms with E-state index in [2.05, 4.69) is 31.9 Å². The molecule has 0 saturated carbocycles. The van der Waals surface area contributed by atoms with Crippen LogP contribution in [0.5, 0.6) is 0 Å². The summed E-state index contributed by atoms with van der Waals surface area (Å²) in [7, 11) is 1.77. The van der Waals surface area contributed by atoms with Gasteiger partial charge < -0.3 is 10.6 Å². The lowest BCUT2D eigenvalue weighted by Crippen LogP contribution is -2.26. The molecule has 0 aliphatic heterocycles. The lowest BCUT2D eigenvalue weighted by Gasteiger charge is -2.17. The SMILES string of the molecule is CN(Cc1cccc(C(N)=S)c1)C(=O)c1cc(Br)sc1Br. The maximum atomic E-state index is 12.4. The number of carbonyl (C=O) groups excluding carboxylic acids is 1. The fraction of sp³-hybridized carbons (Fsp3) is 0.143. The summed E-state index contributed by atoms with van der Waals surface area (Å²) >= 11 is 13.2. The van der Waals surface area contributed by atoms with E-state index in [1.807, 2.05) is 30.3 Å². The normalized spacial score (nSPS) is 10.4. The molecule has 0 saturated heterocycles. The molecule has 21 heavy (non-hydrogen) atoms. The molecular weight excluding hydrogens is 436 g/mol. The first-order valence-electron chi connectivity index (χ1n) is 5.97. The number of hydrogen-bond acceptors (Lipinski definition) is 3. The Balaban J connectivity index is 2.16. The second kappa shape index (κ2) is 7.00. The minimum Gasteiger partial charge on any atom is -0.389 e. The molecule has 110 valence electrons. The zero-order chi connectivity index (χ0) is 15.6. The van der Waals surface area contributed by atoms with Crippen molar-refractivity contribution in [2.45, 2.75) is 6.54 Å². The van der Waals surface area contributed by atoms with Crippen molar-refractivity contribution in [3.63, 3.8) is 0 Å². The fourth-order valence-corrected chi connectivity index (χ4v) is 4.76. The zero-order valence-electron chi connectivity index (χ0n) is 11.1. The number of thiocarbonyl (C=S) groups is 1. The van der Waals surface area contributed by atoms with Crippen LogP contribution < -0.4 is 5.73 Å². The van der Waals surface area contributed by atoms with Crippen LogP contribution in [0.25, 0.3) is 0 Å². The summed E-state index contributed by atoms with van der Waals surface area (Å²) in [6, 6.07) is 9.42. The molecule has 0 unspecified atom stereocenters. The quantitative estimate of drug-likeness (QED) is 0.715. The molecule has 2 aromatic rings. The number of carbonyl (C=O) groups is 1. The number of amides is 1. The summed E-state index contributed by atoms with van der Waals surface area (Å²) in [6.45, 7) is 0.495. The summed E-state index contributed by atoms with van der Waals surface area (Å²) in [5.74, 6) is -0.0375. The Kier molecular flexibility index (Phi) is 5.54. The van der Waals surface area contributed by atoms with Crippen LogP contribution in [-0.2, 0) is 6.54 Å². The number of rotatable bonds is 4. The van der Waals surface area contributed by atoms with Gasteiger partial charge in [0.25, 0.3) is 5.91 Å². The van der Waals surface area contributed by atoms with Gasteiger partial charge in [0, 0.05) is 19.2 Å². The van der Waals surface area contributed by atoms with Gasteiger partial charge in [-0.3, -0.25) is 4.79 Å². The molecule has 0 aliphatic carbocycles. The van der Waals surface area contributed by atoms with Gasteiger partial charge in [0.15, 0.2) is 0 Å². The Bertz CT molecular complexity index is 700. The molecule has 1 amide bonds. The molecule has 3 nitrogen and oxygen atoms in total. The monoisotopic (exact) mass is 446 g/mol. The van der Waals surface area contributed by atoms with Crippen LogP contribution >= 0.6 is 55.4 Å². The van der Waals surface area contributed by atoms with Crippen molar-refractivity contribution >= 4 is 66.3 Å². The van der Waals surface area contributed by atoms with Crippen LogP contribution in [0, 0.1) is 0 Å². The van der Waals surface area contributed by atoms with Crippen molar-refractivity contribution < 1.29 is 4.79 Å². The van der Waals surface area contributed by atoms with Crippen LogP contribution in [0.15, 0.2) is 37.9 Å². The molecule has 0 bridgehead atoms. The lowest BCUT2D eigenvalue weighted by molar-refractivity contribution is 0.0785. The van der Waals surface area contributed by atoms with E-state index in [1.165, 1.54) is 11.3 Å². The first-order valence-corrected chi connectivity index (χ1v) is 8.78. The molecule has 0 atom stereocenters. The van der Waals surface area contributed by atoms with Crippen molar-refractivity contribution in [3.05, 3.63) is 54.6 Å². The Hall–Kier alpha value is -0.760. The van der Waals surface area contributed by atoms with E-state index in [4.69, 9.17) is 18.0 Å². The van der Waals surface area contributed by atoms with Crippen LogP contribution in [0.4, 0.5) is 0 Å². The van der Waals surface area contributed by atoms with Gasteiger partial charge >= 0.3 is 0 Å². The number of nitrogens with two attached hydrogens (primary N) is 1. The molecule has 0 fully saturated rings. The predicted octanol–water partition coefficient (Wildman–Crippen LogP) is 4.18. The second-order valence-electron chi connectivity index (χ2n) is 4.46. The van der Waals surface area contributed by atoms with Gasteiger partial charge in [0.05, 0.1) is 13.1 Å². The average molecular weight is 448 g/mol. The summed E-state index contributed by atoms with van der Waals surface area (Å²) in [5, 5.41) is 0. The summed E-state index contributed by atoms with van der Waals surface area (Å²) in [5.41, 5.74) is 8.08. The van der Waals surface area contributed by atoms with Gasteiger partial charge in [0.2, 0.25) is 0 Å². The Morgan fingerprint density at radius 2 is 2.10 bits per heavy atom. The molecule has 0 radical (unpaired) electrons. The first-order chi connectivity index (χ1) is 9.88. The van der Waals surface area contributed by atoms with Crippen molar-refractivity contribution in [3.8, 4) is 0 Å². The molecule has 7 heteroatoms. The van der Waals surface area contributed by atoms with E-state index < -0.39 is 0 Å². The van der Waals surface area contributed by atoms with Gasteiger partial charge in [0.1, 0.15) is 4.99 Å². The minimum atomic E-state index is -0.0375. The lowest BCUT2D eigenvalue weighted by atomic mass is 10.1. The van der Waals surface area contributed by atoms with Crippen molar-refractivity contribution in [1.29, 1.82) is 0 Å². The van der Waals surface area contributed by atoms with Gasteiger partial charge in [-0.05, 0) is 49.6 Å². The van der Waals surface area contributed by atoms with E-state index in [-0.39, 0.29) is 5.91 Å². The van der Waals surface area contributed by atoms with Crippen LogP contribution in [-0.4, -0.2) is 22.8 Å². The van der Waals surface area contributed by atoms with Gasteiger partial charge in [-0.15, -0.1) is 11.3 Å². The Labute approximate surface area is 149 Å². The number of benzene rings is 1. The Morgan fingerprint density at radius 1 is 1.38 bits per heavy atom. The third kappa shape index (κ3) is 4.12. The van der Waals surface area contributed by atoms with Crippen LogP contribution in [0.2, 0.25) is 0 Å². The van der Waals surface area contributed by atoms with Crippen molar-refractivity contribution in [2.24, 2.45) is 5.73 Å². The molecule has 1 aromatic heterocycles. The fourth-order valence-electron chi connectivity index (χ4n) is 1.86. The second-order valence-corrected chi connectivity index (χ2v) is 8.65. The predicted molar refractivity (Wildman–Crippen MR) is 97.8 cm³/mol. The minimum absolute atomic E-state index is 0.0375. The largest absolute Gasteiger partial charge is 0.389 e. The summed E-state index contributed by atoms with van der Waals surface area (Å²) in [4.78, 5) is 14.5. The molecule has 0 aliphatic rings. The molecule has 1 heterocycles. The van der Waals surface area contributed by atoms with E-state index in [1.54, 1.807) is 11.9 Å². The van der Waals surface area contributed by atoms with E-state index >= 15 is 0 Å². The highest BCUT2D eigenvalue weighted by molar-refractivity contribution is 9.12. The molecule has 1 aromatic carbocycles. The number of nitrogens with zero attached hydrogens (tertiary/aromatic N) is 1. The van der Waals surface area contributed by atoms with Crippen molar-refractivity contribution in [1.82, 2.24) is 4.90 Å². The van der Waals surface area contributed by atoms with Gasteiger partial charge in [-0.1, -0.05) is 30.4 Å². The number of halogens is 2. The zero-order valence-corrected chi connectivity index (χ0v) is 15.9. The van der Waals surface area contributed by atoms with Gasteiger partial charge in [-0.2, -0.15) is 0 Å². The third-order valence-corrected chi connectivity index (χ3v) is 5.44. The summed E-state index contributed by atoms with van der Waals surface area (Å²) in [6.07, 6.45) is 0. The maximum Gasteiger partial charge on any atom is 0.255 e. The Morgan fingerprint density at radius 3 is 2.67 bits per heavy atom. The van der Waals surface area contributed by atoms with Gasteiger partial charge in [-0.25, -0.2) is 0 Å². The third-order valence-electron chi connectivity index (χ3n) is 2.87. The first kappa shape index (κ1) is 16.6. The topological polar surface area (TPSA) is 46.3 Å². The molecule has 2 N–H and O–H groups in total.